The molecule has 5 nitrogen and oxygen atoms in total. The number of carbonyl (C=O) groups is 2. The number of hydrogen-bond acceptors (Lipinski definition) is 5. The van der Waals surface area contributed by atoms with Gasteiger partial charge in [0.2, 0.25) is 0 Å². The average Bonchev–Trinajstić information content (AvgIpc) is 2.79. The Hall–Kier alpha value is -1.10. The van der Waals surface area contributed by atoms with Gasteiger partial charge >= 0.3 is 11.9 Å². The van der Waals surface area contributed by atoms with Gasteiger partial charge in [-0.3, -0.25) is 9.59 Å². The molecule has 0 aromatic rings. The number of ether oxygens (including phenoxy) is 3. The van der Waals surface area contributed by atoms with Crippen molar-refractivity contribution in [2.45, 2.75) is 124 Å². The fourth-order valence-electron chi connectivity index (χ4n) is 3.93. The van der Waals surface area contributed by atoms with Crippen molar-refractivity contribution in [2.75, 3.05) is 26.9 Å². The molecule has 0 aromatic heterocycles. The van der Waals surface area contributed by atoms with E-state index in [1.165, 1.54) is 57.8 Å². The fraction of sp³-hybridized carbons (Fsp3) is 0.926. The highest BCUT2D eigenvalue weighted by molar-refractivity contribution is 5.99. The van der Waals surface area contributed by atoms with Gasteiger partial charge in [-0.05, 0) is 38.0 Å². The van der Waals surface area contributed by atoms with Crippen molar-refractivity contribution in [3.63, 3.8) is 0 Å². The lowest BCUT2D eigenvalue weighted by Gasteiger charge is -2.27. The molecule has 0 rings (SSSR count). The fourth-order valence-corrected chi connectivity index (χ4v) is 3.93. The molecule has 1 unspecified atom stereocenters. The van der Waals surface area contributed by atoms with Crippen LogP contribution in [0.1, 0.15) is 124 Å². The molecule has 0 amide bonds. The lowest BCUT2D eigenvalue weighted by Crippen LogP contribution is -2.41. The zero-order valence-corrected chi connectivity index (χ0v) is 21.8. The second kappa shape index (κ2) is 20.5. The Morgan fingerprint density at radius 1 is 0.656 bits per heavy atom. The molecule has 0 heterocycles. The van der Waals surface area contributed by atoms with E-state index in [-0.39, 0.29) is 0 Å². The van der Waals surface area contributed by atoms with Gasteiger partial charge < -0.3 is 14.2 Å². The predicted molar refractivity (Wildman–Crippen MR) is 132 cm³/mol. The molecule has 5 heteroatoms. The van der Waals surface area contributed by atoms with Crippen LogP contribution in [-0.4, -0.2) is 38.9 Å². The summed E-state index contributed by atoms with van der Waals surface area (Å²) in [5.74, 6) is -0.453. The predicted octanol–water partition coefficient (Wildman–Crippen LogP) is 7.25. The van der Waals surface area contributed by atoms with Crippen LogP contribution in [0.25, 0.3) is 0 Å². The molecule has 0 fully saturated rings. The third-order valence-corrected chi connectivity index (χ3v) is 6.63. The van der Waals surface area contributed by atoms with Gasteiger partial charge in [-0.15, -0.1) is 0 Å². The largest absolute Gasteiger partial charge is 0.465 e. The summed E-state index contributed by atoms with van der Waals surface area (Å²) in [7, 11) is 1.69. The van der Waals surface area contributed by atoms with Crippen LogP contribution in [-0.2, 0) is 23.8 Å². The summed E-state index contributed by atoms with van der Waals surface area (Å²) in [5.41, 5.74) is -1.17. The Labute approximate surface area is 198 Å². The molecule has 0 radical (unpaired) electrons. The van der Waals surface area contributed by atoms with E-state index in [4.69, 9.17) is 14.2 Å². The van der Waals surface area contributed by atoms with Crippen molar-refractivity contribution in [3.05, 3.63) is 0 Å². The highest BCUT2D eigenvalue weighted by Gasteiger charge is 2.45. The Balaban J connectivity index is 4.08. The van der Waals surface area contributed by atoms with E-state index in [1.807, 2.05) is 13.8 Å². The van der Waals surface area contributed by atoms with E-state index < -0.39 is 17.4 Å². The topological polar surface area (TPSA) is 61.8 Å². The van der Waals surface area contributed by atoms with E-state index in [0.717, 1.165) is 25.7 Å². The van der Waals surface area contributed by atoms with Crippen LogP contribution >= 0.6 is 0 Å². The van der Waals surface area contributed by atoms with Gasteiger partial charge in [-0.2, -0.15) is 0 Å². The van der Waals surface area contributed by atoms with Gasteiger partial charge in [-0.25, -0.2) is 0 Å². The molecule has 0 aliphatic rings. The molecule has 190 valence electrons. The summed E-state index contributed by atoms with van der Waals surface area (Å²) in [4.78, 5) is 25.5. The molecular weight excluding hydrogens is 404 g/mol. The van der Waals surface area contributed by atoms with E-state index >= 15 is 0 Å². The monoisotopic (exact) mass is 456 g/mol. The summed E-state index contributed by atoms with van der Waals surface area (Å²) >= 11 is 0. The lowest BCUT2D eigenvalue weighted by molar-refractivity contribution is -0.173. The van der Waals surface area contributed by atoms with Gasteiger partial charge in [0.05, 0.1) is 13.2 Å². The summed E-state index contributed by atoms with van der Waals surface area (Å²) in [6, 6.07) is 0. The van der Waals surface area contributed by atoms with Gasteiger partial charge in [0, 0.05) is 13.7 Å². The van der Waals surface area contributed by atoms with Crippen molar-refractivity contribution in [1.82, 2.24) is 0 Å². The van der Waals surface area contributed by atoms with Gasteiger partial charge in [0.25, 0.3) is 0 Å². The first kappa shape index (κ1) is 30.9. The maximum atomic E-state index is 12.7. The second-order valence-electron chi connectivity index (χ2n) is 9.27. The Morgan fingerprint density at radius 3 is 1.56 bits per heavy atom. The second-order valence-corrected chi connectivity index (χ2v) is 9.27. The Morgan fingerprint density at radius 2 is 1.09 bits per heavy atom. The first-order valence-electron chi connectivity index (χ1n) is 13.3. The SMILES string of the molecule is CCCCCCCCCCCCCOC(=O)C(CC)(CC)C(=O)OCCC(C)CCOC. The minimum Gasteiger partial charge on any atom is -0.465 e. The molecular formula is C27H52O5. The number of esters is 2. The zero-order chi connectivity index (χ0) is 24.1. The van der Waals surface area contributed by atoms with Crippen molar-refractivity contribution in [1.29, 1.82) is 0 Å². The molecule has 0 saturated carbocycles. The summed E-state index contributed by atoms with van der Waals surface area (Å²) in [5, 5.41) is 0. The maximum absolute atomic E-state index is 12.7. The highest BCUT2D eigenvalue weighted by atomic mass is 16.6. The number of methoxy groups -OCH3 is 1. The number of rotatable bonds is 22. The molecule has 0 aliphatic carbocycles. The molecule has 0 aromatic carbocycles. The minimum absolute atomic E-state index is 0.331. The summed E-state index contributed by atoms with van der Waals surface area (Å²) in [6.45, 7) is 9.50. The third kappa shape index (κ3) is 13.4. The summed E-state index contributed by atoms with van der Waals surface area (Å²) in [6.07, 6.45) is 16.3. The van der Waals surface area contributed by atoms with Crippen LogP contribution in [0.3, 0.4) is 0 Å². The summed E-state index contributed by atoms with van der Waals surface area (Å²) < 4.78 is 16.1. The molecule has 32 heavy (non-hydrogen) atoms. The van der Waals surface area contributed by atoms with Gasteiger partial charge in [0.1, 0.15) is 0 Å². The van der Waals surface area contributed by atoms with Gasteiger partial charge in [0.15, 0.2) is 5.41 Å². The lowest BCUT2D eigenvalue weighted by atomic mass is 9.82. The quantitative estimate of drug-likeness (QED) is 0.0975. The van der Waals surface area contributed by atoms with Crippen LogP contribution < -0.4 is 0 Å². The van der Waals surface area contributed by atoms with E-state index in [2.05, 4.69) is 13.8 Å². The normalized spacial score (nSPS) is 12.5. The first-order valence-corrected chi connectivity index (χ1v) is 13.3. The molecule has 0 aliphatic heterocycles. The van der Waals surface area contributed by atoms with E-state index in [1.54, 1.807) is 7.11 Å². The Bertz CT molecular complexity index is 459. The molecule has 0 bridgehead atoms. The van der Waals surface area contributed by atoms with Crippen LogP contribution in [0.2, 0.25) is 0 Å². The minimum atomic E-state index is -1.17. The van der Waals surface area contributed by atoms with Gasteiger partial charge in [-0.1, -0.05) is 91.9 Å². The number of hydrogen-bond donors (Lipinski definition) is 0. The van der Waals surface area contributed by atoms with Crippen LogP contribution in [0, 0.1) is 11.3 Å². The van der Waals surface area contributed by atoms with E-state index in [9.17, 15) is 9.59 Å². The van der Waals surface area contributed by atoms with Crippen LogP contribution in [0.4, 0.5) is 0 Å². The Kier molecular flexibility index (Phi) is 19.8. The standard InChI is InChI=1S/C27H52O5/c1-6-9-10-11-12-13-14-15-16-17-18-21-31-25(28)27(7-2,8-3)26(29)32-23-20-24(4)19-22-30-5/h24H,6-23H2,1-5H3. The highest BCUT2D eigenvalue weighted by Crippen LogP contribution is 2.30. The average molecular weight is 457 g/mol. The molecule has 0 saturated heterocycles. The van der Waals surface area contributed by atoms with Crippen LogP contribution in [0.5, 0.6) is 0 Å². The van der Waals surface area contributed by atoms with Crippen LogP contribution in [0.15, 0.2) is 0 Å². The van der Waals surface area contributed by atoms with Crippen molar-refractivity contribution >= 4 is 11.9 Å². The number of carbonyl (C=O) groups excluding carboxylic acids is 2. The van der Waals surface area contributed by atoms with Crippen molar-refractivity contribution in [2.24, 2.45) is 11.3 Å². The van der Waals surface area contributed by atoms with E-state index in [0.29, 0.717) is 38.6 Å². The van der Waals surface area contributed by atoms with Crippen molar-refractivity contribution < 1.29 is 23.8 Å². The molecule has 0 N–H and O–H groups in total. The molecule has 0 spiro atoms. The smallest absolute Gasteiger partial charge is 0.323 e. The molecule has 1 atom stereocenters. The van der Waals surface area contributed by atoms with Crippen molar-refractivity contribution in [3.8, 4) is 0 Å². The first-order chi connectivity index (χ1) is 15.5. The maximum Gasteiger partial charge on any atom is 0.323 e. The zero-order valence-electron chi connectivity index (χ0n) is 21.8. The number of unbranched alkanes of at least 4 members (excludes halogenated alkanes) is 10. The third-order valence-electron chi connectivity index (χ3n) is 6.63.